The van der Waals surface area contributed by atoms with Gasteiger partial charge in [0.05, 0.1) is 0 Å². The Labute approximate surface area is 96.5 Å². The fourth-order valence-electron chi connectivity index (χ4n) is 2.31. The van der Waals surface area contributed by atoms with Gasteiger partial charge in [-0.3, -0.25) is 0 Å². The van der Waals surface area contributed by atoms with Crippen molar-refractivity contribution in [2.24, 2.45) is 11.8 Å². The van der Waals surface area contributed by atoms with Crippen LogP contribution in [-0.4, -0.2) is 0 Å². The largest absolute Gasteiger partial charge is 0.0881 e. The molecule has 0 aromatic rings. The molecule has 1 unspecified atom stereocenters. The van der Waals surface area contributed by atoms with Crippen molar-refractivity contribution in [1.82, 2.24) is 0 Å². The Morgan fingerprint density at radius 1 is 1.07 bits per heavy atom. The summed E-state index contributed by atoms with van der Waals surface area (Å²) >= 11 is 0. The first kappa shape index (κ1) is 14.5. The molecule has 0 bridgehead atoms. The van der Waals surface area contributed by atoms with Crippen LogP contribution in [0.2, 0.25) is 0 Å². The van der Waals surface area contributed by atoms with Crippen molar-refractivity contribution in [3.8, 4) is 0 Å². The Bertz CT molecular complexity index is 202. The lowest BCUT2D eigenvalue weighted by atomic mass is 9.79. The smallest absolute Gasteiger partial charge is 0.00268 e. The first-order valence-corrected chi connectivity index (χ1v) is 6.34. The van der Waals surface area contributed by atoms with Gasteiger partial charge in [-0.25, -0.2) is 0 Å². The van der Waals surface area contributed by atoms with Gasteiger partial charge in [0, 0.05) is 5.92 Å². The van der Waals surface area contributed by atoms with E-state index in [0.29, 0.717) is 5.92 Å². The molecule has 0 aromatic carbocycles. The average molecular weight is 208 g/mol. The molecule has 15 heavy (non-hydrogen) atoms. The van der Waals surface area contributed by atoms with E-state index in [9.17, 15) is 0 Å². The van der Waals surface area contributed by atoms with E-state index in [1.54, 1.807) is 0 Å². The van der Waals surface area contributed by atoms with E-state index in [1.165, 1.54) is 30.4 Å². The predicted molar refractivity (Wildman–Crippen MR) is 71.0 cm³/mol. The van der Waals surface area contributed by atoms with Gasteiger partial charge in [0.25, 0.3) is 0 Å². The van der Waals surface area contributed by atoms with Crippen LogP contribution in [0.3, 0.4) is 0 Å². The van der Waals surface area contributed by atoms with Crippen molar-refractivity contribution in [3.05, 3.63) is 23.3 Å². The van der Waals surface area contributed by atoms with Crippen molar-refractivity contribution in [2.75, 3.05) is 0 Å². The van der Waals surface area contributed by atoms with Crippen LogP contribution in [0.25, 0.3) is 0 Å². The standard InChI is InChI=1S/C15H28/c1-7-10-11-14(6)15(12(4)8-2)13(5)9-3/h8-9,14-15H,7,10-11H2,1-6H3. The third kappa shape index (κ3) is 4.68. The van der Waals surface area contributed by atoms with E-state index in [0.717, 1.165) is 5.92 Å². The number of unbranched alkanes of at least 4 members (excludes halogenated alkanes) is 1. The first-order chi connectivity index (χ1) is 7.08. The molecule has 0 nitrogen and oxygen atoms in total. The summed E-state index contributed by atoms with van der Waals surface area (Å²) in [5.41, 5.74) is 3.04. The lowest BCUT2D eigenvalue weighted by Crippen LogP contribution is -2.14. The molecule has 0 radical (unpaired) electrons. The summed E-state index contributed by atoms with van der Waals surface area (Å²) in [7, 11) is 0. The van der Waals surface area contributed by atoms with Gasteiger partial charge in [-0.1, -0.05) is 50.0 Å². The minimum Gasteiger partial charge on any atom is -0.0881 e. The summed E-state index contributed by atoms with van der Waals surface area (Å²) in [5.74, 6) is 1.43. The molecule has 0 aliphatic heterocycles. The second-order valence-electron chi connectivity index (χ2n) is 4.66. The van der Waals surface area contributed by atoms with Crippen LogP contribution in [-0.2, 0) is 0 Å². The minimum atomic E-state index is 0.659. The molecule has 0 spiro atoms. The molecular formula is C15H28. The summed E-state index contributed by atoms with van der Waals surface area (Å²) in [6.07, 6.45) is 8.53. The highest BCUT2D eigenvalue weighted by Crippen LogP contribution is 2.31. The molecule has 0 rings (SSSR count). The van der Waals surface area contributed by atoms with Gasteiger partial charge in [-0.2, -0.15) is 0 Å². The first-order valence-electron chi connectivity index (χ1n) is 6.34. The molecular weight excluding hydrogens is 180 g/mol. The molecule has 88 valence electrons. The Hall–Kier alpha value is -0.520. The quantitative estimate of drug-likeness (QED) is 0.515. The molecule has 0 aromatic heterocycles. The van der Waals surface area contributed by atoms with Crippen LogP contribution in [0.5, 0.6) is 0 Å². The Balaban J connectivity index is 4.63. The summed E-state index contributed by atoms with van der Waals surface area (Å²) < 4.78 is 0. The van der Waals surface area contributed by atoms with E-state index in [2.05, 4.69) is 53.7 Å². The fourth-order valence-corrected chi connectivity index (χ4v) is 2.31. The summed E-state index contributed by atoms with van der Waals surface area (Å²) in [5, 5.41) is 0. The second kappa shape index (κ2) is 7.73. The minimum absolute atomic E-state index is 0.659. The summed E-state index contributed by atoms with van der Waals surface area (Å²) in [4.78, 5) is 0. The molecule has 0 heteroatoms. The lowest BCUT2D eigenvalue weighted by Gasteiger charge is -2.26. The van der Waals surface area contributed by atoms with E-state index in [1.807, 2.05) is 0 Å². The van der Waals surface area contributed by atoms with Gasteiger partial charge in [-0.05, 0) is 40.0 Å². The highest BCUT2D eigenvalue weighted by Gasteiger charge is 2.19. The normalized spacial score (nSPS) is 17.7. The molecule has 0 heterocycles. The second-order valence-corrected chi connectivity index (χ2v) is 4.66. The van der Waals surface area contributed by atoms with E-state index in [-0.39, 0.29) is 0 Å². The van der Waals surface area contributed by atoms with E-state index >= 15 is 0 Å². The van der Waals surface area contributed by atoms with Crippen LogP contribution < -0.4 is 0 Å². The van der Waals surface area contributed by atoms with Crippen molar-refractivity contribution >= 4 is 0 Å². The Morgan fingerprint density at radius 3 is 1.87 bits per heavy atom. The molecule has 0 N–H and O–H groups in total. The van der Waals surface area contributed by atoms with Crippen molar-refractivity contribution < 1.29 is 0 Å². The predicted octanol–water partition coefficient (Wildman–Crippen LogP) is 5.36. The van der Waals surface area contributed by atoms with Gasteiger partial charge < -0.3 is 0 Å². The third-order valence-corrected chi connectivity index (χ3v) is 3.47. The van der Waals surface area contributed by atoms with Crippen LogP contribution in [0.15, 0.2) is 23.3 Å². The number of allylic oxidation sites excluding steroid dienone is 4. The average Bonchev–Trinajstić information content (AvgIpc) is 2.25. The maximum atomic E-state index is 2.39. The zero-order chi connectivity index (χ0) is 11.8. The maximum absolute atomic E-state index is 2.39. The number of hydrogen-bond donors (Lipinski definition) is 0. The molecule has 0 saturated heterocycles. The van der Waals surface area contributed by atoms with Crippen molar-refractivity contribution in [3.63, 3.8) is 0 Å². The van der Waals surface area contributed by atoms with Gasteiger partial charge in [0.1, 0.15) is 0 Å². The molecule has 1 atom stereocenters. The van der Waals surface area contributed by atoms with Gasteiger partial charge >= 0.3 is 0 Å². The van der Waals surface area contributed by atoms with Crippen molar-refractivity contribution in [1.29, 1.82) is 0 Å². The SMILES string of the molecule is CC=C(C)C(C(C)=CC)C(C)CCCC. The van der Waals surface area contributed by atoms with E-state index in [4.69, 9.17) is 0 Å². The van der Waals surface area contributed by atoms with Gasteiger partial charge in [0.15, 0.2) is 0 Å². The van der Waals surface area contributed by atoms with Gasteiger partial charge in [-0.15, -0.1) is 0 Å². The zero-order valence-corrected chi connectivity index (χ0v) is 11.4. The summed E-state index contributed by atoms with van der Waals surface area (Å²) in [6.45, 7) is 13.5. The lowest BCUT2D eigenvalue weighted by molar-refractivity contribution is 0.413. The topological polar surface area (TPSA) is 0 Å². The Morgan fingerprint density at radius 2 is 1.53 bits per heavy atom. The number of rotatable bonds is 6. The highest BCUT2D eigenvalue weighted by atomic mass is 14.2. The molecule has 0 amide bonds. The molecule has 0 aliphatic rings. The van der Waals surface area contributed by atoms with Crippen molar-refractivity contribution in [2.45, 2.75) is 60.8 Å². The fraction of sp³-hybridized carbons (Fsp3) is 0.733. The Kier molecular flexibility index (Phi) is 7.46. The van der Waals surface area contributed by atoms with Crippen LogP contribution >= 0.6 is 0 Å². The molecule has 0 aliphatic carbocycles. The van der Waals surface area contributed by atoms with Crippen LogP contribution in [0.1, 0.15) is 60.8 Å². The molecule has 0 fully saturated rings. The maximum Gasteiger partial charge on any atom is 0.00268 e. The highest BCUT2D eigenvalue weighted by molar-refractivity contribution is 5.18. The third-order valence-electron chi connectivity index (χ3n) is 3.47. The molecule has 0 saturated carbocycles. The van der Waals surface area contributed by atoms with E-state index < -0.39 is 0 Å². The number of hydrogen-bond acceptors (Lipinski definition) is 0. The monoisotopic (exact) mass is 208 g/mol. The van der Waals surface area contributed by atoms with Gasteiger partial charge in [0.2, 0.25) is 0 Å². The van der Waals surface area contributed by atoms with Crippen LogP contribution in [0.4, 0.5) is 0 Å². The summed E-state index contributed by atoms with van der Waals surface area (Å²) in [6, 6.07) is 0. The zero-order valence-electron chi connectivity index (χ0n) is 11.4. The van der Waals surface area contributed by atoms with Crippen LogP contribution in [0, 0.1) is 11.8 Å².